The van der Waals surface area contributed by atoms with Gasteiger partial charge < -0.3 is 10.3 Å². The van der Waals surface area contributed by atoms with Gasteiger partial charge in [-0.2, -0.15) is 0 Å². The summed E-state index contributed by atoms with van der Waals surface area (Å²) in [5.41, 5.74) is 8.90. The normalized spacial score (nSPS) is 10.8. The van der Waals surface area contributed by atoms with E-state index in [0.717, 1.165) is 27.0 Å². The number of nitrogens with zero attached hydrogens (tertiary/aromatic N) is 3. The van der Waals surface area contributed by atoms with Crippen LogP contribution in [0.1, 0.15) is 17.0 Å². The third-order valence-electron chi connectivity index (χ3n) is 2.60. The maximum absolute atomic E-state index is 5.79. The van der Waals surface area contributed by atoms with Gasteiger partial charge in [0.2, 0.25) is 0 Å². The Morgan fingerprint density at radius 2 is 2.18 bits per heavy atom. The molecule has 0 spiro atoms. The fourth-order valence-corrected chi connectivity index (χ4v) is 2.81. The average molecular weight is 248 g/mol. The molecule has 0 aliphatic heterocycles. The van der Waals surface area contributed by atoms with Gasteiger partial charge in [-0.1, -0.05) is 11.8 Å². The quantitative estimate of drug-likeness (QED) is 0.903. The molecule has 0 fully saturated rings. The molecule has 4 nitrogen and oxygen atoms in total. The molecular formula is C12H16N4S. The third kappa shape index (κ3) is 2.50. The summed E-state index contributed by atoms with van der Waals surface area (Å²) in [6.07, 6.45) is 3.73. The minimum atomic E-state index is 0.506. The maximum Gasteiger partial charge on any atom is 0.172 e. The topological polar surface area (TPSA) is 56.7 Å². The number of aryl methyl sites for hydroxylation is 3. The summed E-state index contributed by atoms with van der Waals surface area (Å²) >= 11 is 1.63. The van der Waals surface area contributed by atoms with Gasteiger partial charge in [-0.05, 0) is 19.9 Å². The van der Waals surface area contributed by atoms with Gasteiger partial charge in [0.05, 0.1) is 0 Å². The molecule has 2 aromatic heterocycles. The van der Waals surface area contributed by atoms with Crippen LogP contribution in [0.5, 0.6) is 0 Å². The zero-order valence-electron chi connectivity index (χ0n) is 10.3. The molecule has 17 heavy (non-hydrogen) atoms. The van der Waals surface area contributed by atoms with Crippen molar-refractivity contribution in [1.82, 2.24) is 14.5 Å². The van der Waals surface area contributed by atoms with E-state index in [0.29, 0.717) is 6.54 Å². The second-order valence-electron chi connectivity index (χ2n) is 3.95. The molecule has 90 valence electrons. The Kier molecular flexibility index (Phi) is 3.49. The van der Waals surface area contributed by atoms with Crippen molar-refractivity contribution in [1.29, 1.82) is 0 Å². The average Bonchev–Trinajstić information content (AvgIpc) is 2.64. The lowest BCUT2D eigenvalue weighted by Gasteiger charge is -2.10. The summed E-state index contributed by atoms with van der Waals surface area (Å²) in [7, 11) is 1.98. The molecule has 0 saturated carbocycles. The lowest BCUT2D eigenvalue weighted by atomic mass is 10.2. The van der Waals surface area contributed by atoms with Gasteiger partial charge in [-0.25, -0.2) is 4.98 Å². The first-order valence-corrected chi connectivity index (χ1v) is 6.26. The summed E-state index contributed by atoms with van der Waals surface area (Å²) < 4.78 is 2.00. The van der Waals surface area contributed by atoms with Gasteiger partial charge in [0, 0.05) is 47.8 Å². The van der Waals surface area contributed by atoms with E-state index >= 15 is 0 Å². The Labute approximate surface area is 105 Å². The molecule has 0 radical (unpaired) electrons. The first-order chi connectivity index (χ1) is 8.11. The lowest BCUT2D eigenvalue weighted by molar-refractivity contribution is 0.789. The molecule has 0 aliphatic carbocycles. The van der Waals surface area contributed by atoms with E-state index in [-0.39, 0.29) is 0 Å². The van der Waals surface area contributed by atoms with Crippen LogP contribution in [0.25, 0.3) is 0 Å². The Bertz CT molecular complexity index is 533. The first kappa shape index (κ1) is 12.1. The zero-order valence-corrected chi connectivity index (χ0v) is 11.1. The van der Waals surface area contributed by atoms with E-state index < -0.39 is 0 Å². The number of rotatable bonds is 3. The van der Waals surface area contributed by atoms with Crippen LogP contribution in [0.2, 0.25) is 0 Å². The molecule has 0 atom stereocenters. The van der Waals surface area contributed by atoms with Crippen LogP contribution in [0, 0.1) is 13.8 Å². The summed E-state index contributed by atoms with van der Waals surface area (Å²) in [6, 6.07) is 2.06. The van der Waals surface area contributed by atoms with Gasteiger partial charge >= 0.3 is 0 Å². The minimum Gasteiger partial charge on any atom is -0.329 e. The van der Waals surface area contributed by atoms with Crippen LogP contribution < -0.4 is 5.73 Å². The smallest absolute Gasteiger partial charge is 0.172 e. The molecular weight excluding hydrogens is 232 g/mol. The largest absolute Gasteiger partial charge is 0.329 e. The van der Waals surface area contributed by atoms with E-state index in [2.05, 4.69) is 16.0 Å². The summed E-state index contributed by atoms with van der Waals surface area (Å²) in [6.45, 7) is 4.50. The monoisotopic (exact) mass is 248 g/mol. The first-order valence-electron chi connectivity index (χ1n) is 5.44. The van der Waals surface area contributed by atoms with Gasteiger partial charge in [-0.3, -0.25) is 4.98 Å². The van der Waals surface area contributed by atoms with Gasteiger partial charge in [0.25, 0.3) is 0 Å². The molecule has 2 heterocycles. The van der Waals surface area contributed by atoms with Crippen LogP contribution >= 0.6 is 11.8 Å². The molecule has 0 amide bonds. The van der Waals surface area contributed by atoms with Gasteiger partial charge in [-0.15, -0.1) is 0 Å². The third-order valence-corrected chi connectivity index (χ3v) is 3.76. The van der Waals surface area contributed by atoms with Gasteiger partial charge in [0.1, 0.15) is 0 Å². The summed E-state index contributed by atoms with van der Waals surface area (Å²) in [5.74, 6) is 0. The SMILES string of the molecule is Cc1cc(Sc2nccn2C)c(CN)c(C)n1. The number of hydrogen-bond acceptors (Lipinski definition) is 4. The molecule has 0 aliphatic rings. The molecule has 2 rings (SSSR count). The standard InChI is InChI=1S/C12H16N4S/c1-8-6-11(10(7-13)9(2)15-8)17-12-14-4-5-16(12)3/h4-6H,7,13H2,1-3H3. The Morgan fingerprint density at radius 3 is 2.76 bits per heavy atom. The highest BCUT2D eigenvalue weighted by molar-refractivity contribution is 7.99. The summed E-state index contributed by atoms with van der Waals surface area (Å²) in [4.78, 5) is 9.89. The van der Waals surface area contributed by atoms with E-state index in [1.807, 2.05) is 31.7 Å². The van der Waals surface area contributed by atoms with E-state index in [1.54, 1.807) is 18.0 Å². The van der Waals surface area contributed by atoms with E-state index in [9.17, 15) is 0 Å². The lowest BCUT2D eigenvalue weighted by Crippen LogP contribution is -2.04. The van der Waals surface area contributed by atoms with Crippen LogP contribution in [0.4, 0.5) is 0 Å². The van der Waals surface area contributed by atoms with Crippen molar-refractivity contribution in [3.8, 4) is 0 Å². The number of hydrogen-bond donors (Lipinski definition) is 1. The Morgan fingerprint density at radius 1 is 1.41 bits per heavy atom. The molecule has 0 unspecified atom stereocenters. The molecule has 0 aromatic carbocycles. The van der Waals surface area contributed by atoms with Crippen LogP contribution in [-0.4, -0.2) is 14.5 Å². The van der Waals surface area contributed by atoms with Crippen LogP contribution in [-0.2, 0) is 13.6 Å². The van der Waals surface area contributed by atoms with Crippen molar-refractivity contribution < 1.29 is 0 Å². The van der Waals surface area contributed by atoms with Crippen molar-refractivity contribution >= 4 is 11.8 Å². The number of imidazole rings is 1. The highest BCUT2D eigenvalue weighted by Gasteiger charge is 2.10. The fraction of sp³-hybridized carbons (Fsp3) is 0.333. The highest BCUT2D eigenvalue weighted by Crippen LogP contribution is 2.30. The fourth-order valence-electron chi connectivity index (χ4n) is 1.71. The molecule has 2 N–H and O–H groups in total. The number of pyridine rings is 1. The minimum absolute atomic E-state index is 0.506. The summed E-state index contributed by atoms with van der Waals surface area (Å²) in [5, 5.41) is 0.963. The van der Waals surface area contributed by atoms with Crippen LogP contribution in [0.15, 0.2) is 28.5 Å². The van der Waals surface area contributed by atoms with E-state index in [4.69, 9.17) is 5.73 Å². The van der Waals surface area contributed by atoms with E-state index in [1.165, 1.54) is 0 Å². The van der Waals surface area contributed by atoms with Gasteiger partial charge in [0.15, 0.2) is 5.16 Å². The highest BCUT2D eigenvalue weighted by atomic mass is 32.2. The van der Waals surface area contributed by atoms with Crippen molar-refractivity contribution in [3.63, 3.8) is 0 Å². The van der Waals surface area contributed by atoms with Crippen molar-refractivity contribution in [2.24, 2.45) is 12.8 Å². The number of nitrogens with two attached hydrogens (primary N) is 1. The molecule has 0 saturated heterocycles. The Balaban J connectivity index is 2.41. The van der Waals surface area contributed by atoms with Crippen LogP contribution in [0.3, 0.4) is 0 Å². The predicted octanol–water partition coefficient (Wildman–Crippen LogP) is 2.04. The second kappa shape index (κ2) is 4.89. The second-order valence-corrected chi connectivity index (χ2v) is 4.96. The molecule has 5 heteroatoms. The predicted molar refractivity (Wildman–Crippen MR) is 68.9 cm³/mol. The maximum atomic E-state index is 5.79. The molecule has 2 aromatic rings. The number of aromatic nitrogens is 3. The zero-order chi connectivity index (χ0) is 12.4. The van der Waals surface area contributed by atoms with Crippen molar-refractivity contribution in [3.05, 3.63) is 35.4 Å². The van der Waals surface area contributed by atoms with Crippen molar-refractivity contribution in [2.45, 2.75) is 30.4 Å². The molecule has 0 bridgehead atoms. The Hall–Kier alpha value is -1.33. The van der Waals surface area contributed by atoms with Crippen molar-refractivity contribution in [2.75, 3.05) is 0 Å².